The van der Waals surface area contributed by atoms with Gasteiger partial charge in [-0.05, 0) is 0 Å². The van der Waals surface area contributed by atoms with E-state index in [9.17, 15) is 8.78 Å². The Labute approximate surface area is 59.0 Å². The van der Waals surface area contributed by atoms with Crippen LogP contribution in [0.3, 0.4) is 0 Å². The first-order valence-electron chi connectivity index (χ1n) is 2.67. The lowest BCUT2D eigenvalue weighted by Crippen LogP contribution is -2.54. The second kappa shape index (κ2) is 2.39. The molecular weight excluding hydrogens is 148 g/mol. The molecule has 1 rings (SSSR count). The summed E-state index contributed by atoms with van der Waals surface area (Å²) in [6, 6.07) is -0.273. The smallest absolute Gasteiger partial charge is 0.253 e. The second-order valence-corrected chi connectivity index (χ2v) is 2.42. The van der Waals surface area contributed by atoms with Gasteiger partial charge in [0.2, 0.25) is 0 Å². The standard InChI is InChI=1S/C5H9F2N.ClH/c1-3-4(8)2-5(3,6)7;/h3-4H,2,8H2,1H3;1H. The molecule has 0 aromatic carbocycles. The Hall–Kier alpha value is 0.110. The molecule has 1 nitrogen and oxygen atoms in total. The molecule has 0 aromatic heterocycles. The predicted octanol–water partition coefficient (Wildman–Crippen LogP) is 1.41. The highest BCUT2D eigenvalue weighted by Crippen LogP contribution is 2.41. The Morgan fingerprint density at radius 1 is 1.56 bits per heavy atom. The Morgan fingerprint density at radius 3 is 2.00 bits per heavy atom. The van der Waals surface area contributed by atoms with Crippen molar-refractivity contribution in [1.29, 1.82) is 0 Å². The van der Waals surface area contributed by atoms with Crippen LogP contribution in [-0.2, 0) is 0 Å². The number of rotatable bonds is 0. The average Bonchev–Trinajstić information content (AvgIpc) is 1.65. The Balaban J connectivity index is 0.000000640. The lowest BCUT2D eigenvalue weighted by molar-refractivity contribution is -0.137. The van der Waals surface area contributed by atoms with Crippen molar-refractivity contribution in [3.63, 3.8) is 0 Å². The van der Waals surface area contributed by atoms with Gasteiger partial charge in [0.05, 0.1) is 0 Å². The molecule has 1 aliphatic carbocycles. The van der Waals surface area contributed by atoms with Crippen molar-refractivity contribution < 1.29 is 8.78 Å². The molecular formula is C5H10ClF2N. The van der Waals surface area contributed by atoms with Crippen molar-refractivity contribution in [3.8, 4) is 0 Å². The lowest BCUT2D eigenvalue weighted by Gasteiger charge is -2.39. The normalized spacial score (nSPS) is 38.7. The lowest BCUT2D eigenvalue weighted by atomic mass is 9.77. The molecule has 0 radical (unpaired) electrons. The zero-order chi connectivity index (χ0) is 6.36. The van der Waals surface area contributed by atoms with Crippen molar-refractivity contribution in [1.82, 2.24) is 0 Å². The van der Waals surface area contributed by atoms with E-state index in [0.717, 1.165) is 0 Å². The first kappa shape index (κ1) is 9.11. The van der Waals surface area contributed by atoms with Crippen LogP contribution in [0.2, 0.25) is 0 Å². The highest BCUT2D eigenvalue weighted by molar-refractivity contribution is 5.85. The van der Waals surface area contributed by atoms with Crippen LogP contribution in [0.4, 0.5) is 8.78 Å². The quantitative estimate of drug-likeness (QED) is 0.566. The maximum atomic E-state index is 12.1. The molecule has 1 fully saturated rings. The largest absolute Gasteiger partial charge is 0.327 e. The third kappa shape index (κ3) is 1.33. The van der Waals surface area contributed by atoms with Crippen LogP contribution in [0, 0.1) is 5.92 Å². The third-order valence-corrected chi connectivity index (χ3v) is 1.82. The van der Waals surface area contributed by atoms with E-state index in [4.69, 9.17) is 5.73 Å². The molecule has 1 aliphatic rings. The number of alkyl halides is 2. The van der Waals surface area contributed by atoms with Gasteiger partial charge in [-0.2, -0.15) is 0 Å². The monoisotopic (exact) mass is 157 g/mol. The van der Waals surface area contributed by atoms with Gasteiger partial charge in [0.15, 0.2) is 0 Å². The molecule has 9 heavy (non-hydrogen) atoms. The molecule has 0 saturated heterocycles. The van der Waals surface area contributed by atoms with E-state index >= 15 is 0 Å². The van der Waals surface area contributed by atoms with Gasteiger partial charge in [-0.25, -0.2) is 8.78 Å². The highest BCUT2D eigenvalue weighted by Gasteiger charge is 2.51. The maximum absolute atomic E-state index is 12.1. The van der Waals surface area contributed by atoms with E-state index in [1.807, 2.05) is 0 Å². The Morgan fingerprint density at radius 2 is 2.00 bits per heavy atom. The molecule has 0 spiro atoms. The summed E-state index contributed by atoms with van der Waals surface area (Å²) >= 11 is 0. The van der Waals surface area contributed by atoms with Gasteiger partial charge in [-0.15, -0.1) is 12.4 Å². The fourth-order valence-corrected chi connectivity index (χ4v) is 0.830. The molecule has 2 atom stereocenters. The van der Waals surface area contributed by atoms with E-state index in [1.54, 1.807) is 0 Å². The summed E-state index contributed by atoms with van der Waals surface area (Å²) in [5.74, 6) is -3.08. The topological polar surface area (TPSA) is 26.0 Å². The van der Waals surface area contributed by atoms with Crippen molar-refractivity contribution >= 4 is 12.4 Å². The molecule has 0 aliphatic heterocycles. The number of halogens is 3. The maximum Gasteiger partial charge on any atom is 0.253 e. The minimum Gasteiger partial charge on any atom is -0.327 e. The van der Waals surface area contributed by atoms with Gasteiger partial charge < -0.3 is 5.73 Å². The van der Waals surface area contributed by atoms with Crippen molar-refractivity contribution in [2.45, 2.75) is 25.3 Å². The molecule has 0 bridgehead atoms. The SMILES string of the molecule is CC1C(N)CC1(F)F.Cl. The summed E-state index contributed by atoms with van der Waals surface area (Å²) in [5, 5.41) is 0. The zero-order valence-corrected chi connectivity index (χ0v) is 5.92. The molecule has 2 N–H and O–H groups in total. The molecule has 2 unspecified atom stereocenters. The highest BCUT2D eigenvalue weighted by atomic mass is 35.5. The molecule has 56 valence electrons. The average molecular weight is 158 g/mol. The summed E-state index contributed by atoms with van der Waals surface area (Å²) in [6.07, 6.45) is -0.131. The summed E-state index contributed by atoms with van der Waals surface area (Å²) in [6.45, 7) is 1.48. The van der Waals surface area contributed by atoms with E-state index in [2.05, 4.69) is 0 Å². The van der Waals surface area contributed by atoms with Gasteiger partial charge >= 0.3 is 0 Å². The van der Waals surface area contributed by atoms with Crippen molar-refractivity contribution in [2.75, 3.05) is 0 Å². The second-order valence-electron chi connectivity index (χ2n) is 2.42. The van der Waals surface area contributed by atoms with Gasteiger partial charge in [0.25, 0.3) is 5.92 Å². The number of nitrogens with two attached hydrogens (primary N) is 1. The summed E-state index contributed by atoms with van der Waals surface area (Å²) in [4.78, 5) is 0. The summed E-state index contributed by atoms with van der Waals surface area (Å²) in [5.41, 5.74) is 5.22. The van der Waals surface area contributed by atoms with Crippen LogP contribution < -0.4 is 5.73 Å². The van der Waals surface area contributed by atoms with Crippen LogP contribution in [0.1, 0.15) is 13.3 Å². The van der Waals surface area contributed by atoms with Crippen LogP contribution in [0.25, 0.3) is 0 Å². The summed E-state index contributed by atoms with van der Waals surface area (Å²) in [7, 11) is 0. The minimum absolute atomic E-state index is 0. The fraction of sp³-hybridized carbons (Fsp3) is 1.00. The Bertz CT molecular complexity index is 107. The predicted molar refractivity (Wildman–Crippen MR) is 34.0 cm³/mol. The van der Waals surface area contributed by atoms with Crippen molar-refractivity contribution in [3.05, 3.63) is 0 Å². The van der Waals surface area contributed by atoms with E-state index in [0.29, 0.717) is 0 Å². The number of hydrogen-bond acceptors (Lipinski definition) is 1. The third-order valence-electron chi connectivity index (χ3n) is 1.82. The molecule has 4 heteroatoms. The first-order valence-corrected chi connectivity index (χ1v) is 2.67. The van der Waals surface area contributed by atoms with Crippen LogP contribution >= 0.6 is 12.4 Å². The Kier molecular flexibility index (Phi) is 2.41. The van der Waals surface area contributed by atoms with Crippen LogP contribution in [-0.4, -0.2) is 12.0 Å². The minimum atomic E-state index is -2.47. The van der Waals surface area contributed by atoms with Crippen molar-refractivity contribution in [2.24, 2.45) is 11.7 Å². The van der Waals surface area contributed by atoms with E-state index in [-0.39, 0.29) is 24.9 Å². The first-order chi connectivity index (χ1) is 3.54. The molecule has 0 aromatic rings. The van der Waals surface area contributed by atoms with E-state index < -0.39 is 11.8 Å². The van der Waals surface area contributed by atoms with Gasteiger partial charge in [-0.1, -0.05) is 6.92 Å². The molecule has 0 heterocycles. The van der Waals surface area contributed by atoms with Gasteiger partial charge in [0, 0.05) is 18.4 Å². The summed E-state index contributed by atoms with van der Waals surface area (Å²) < 4.78 is 24.2. The number of hydrogen-bond donors (Lipinski definition) is 1. The van der Waals surface area contributed by atoms with Gasteiger partial charge in [-0.3, -0.25) is 0 Å². The van der Waals surface area contributed by atoms with E-state index in [1.165, 1.54) is 6.92 Å². The molecule has 1 saturated carbocycles. The van der Waals surface area contributed by atoms with Crippen LogP contribution in [0.5, 0.6) is 0 Å². The van der Waals surface area contributed by atoms with Gasteiger partial charge in [0.1, 0.15) is 0 Å². The molecule has 0 amide bonds. The van der Waals surface area contributed by atoms with Crippen LogP contribution in [0.15, 0.2) is 0 Å². The zero-order valence-electron chi connectivity index (χ0n) is 5.10. The fourth-order valence-electron chi connectivity index (χ4n) is 0.830.